The van der Waals surface area contributed by atoms with Gasteiger partial charge in [0.05, 0.1) is 25.3 Å². The highest BCUT2D eigenvalue weighted by Gasteiger charge is 2.04. The predicted octanol–water partition coefficient (Wildman–Crippen LogP) is 3.18. The topological polar surface area (TPSA) is 64.3 Å². The van der Waals surface area contributed by atoms with Crippen LogP contribution in [0.25, 0.3) is 0 Å². The Hall–Kier alpha value is -1.53. The first-order chi connectivity index (χ1) is 9.65. The fraction of sp³-hybridized carbons (Fsp3) is 0.214. The van der Waals surface area contributed by atoms with Crippen LogP contribution in [-0.4, -0.2) is 12.5 Å². The molecule has 0 bridgehead atoms. The van der Waals surface area contributed by atoms with Crippen molar-refractivity contribution in [1.29, 1.82) is 0 Å². The summed E-state index contributed by atoms with van der Waals surface area (Å²) in [6.45, 7) is 0.858. The minimum atomic E-state index is -0.0379. The molecule has 0 saturated heterocycles. The van der Waals surface area contributed by atoms with E-state index in [0.717, 1.165) is 9.35 Å². The smallest absolute Gasteiger partial charge is 0.223 e. The summed E-state index contributed by atoms with van der Waals surface area (Å²) >= 11 is 4.98. The summed E-state index contributed by atoms with van der Waals surface area (Å²) in [6.07, 6.45) is 0.306. The summed E-state index contributed by atoms with van der Waals surface area (Å²) in [6, 6.07) is 9.24. The second-order valence-electron chi connectivity index (χ2n) is 4.14. The van der Waals surface area contributed by atoms with Crippen molar-refractivity contribution in [1.82, 2.24) is 5.32 Å². The molecule has 1 aromatic heterocycles. The van der Waals surface area contributed by atoms with E-state index < -0.39 is 0 Å². The molecule has 0 unspecified atom stereocenters. The molecule has 1 amide bonds. The van der Waals surface area contributed by atoms with Gasteiger partial charge in [0.15, 0.2) is 0 Å². The van der Waals surface area contributed by atoms with Crippen LogP contribution in [0.15, 0.2) is 40.2 Å². The zero-order chi connectivity index (χ0) is 14.4. The van der Waals surface area contributed by atoms with Gasteiger partial charge in [-0.15, -0.1) is 11.3 Å². The van der Waals surface area contributed by atoms with Gasteiger partial charge >= 0.3 is 0 Å². The molecule has 2 aromatic rings. The maximum atomic E-state index is 11.7. The number of thiophene rings is 1. The van der Waals surface area contributed by atoms with Crippen LogP contribution in [0.4, 0.5) is 5.69 Å². The summed E-state index contributed by atoms with van der Waals surface area (Å²) in [5, 5.41) is 4.84. The van der Waals surface area contributed by atoms with Crippen molar-refractivity contribution in [2.45, 2.75) is 13.0 Å². The Kier molecular flexibility index (Phi) is 5.43. The van der Waals surface area contributed by atoms with E-state index in [2.05, 4.69) is 21.2 Å². The molecule has 0 aliphatic carbocycles. The molecule has 0 aliphatic rings. The van der Waals surface area contributed by atoms with Gasteiger partial charge in [-0.25, -0.2) is 0 Å². The number of carbonyl (C=O) groups is 1. The minimum absolute atomic E-state index is 0.0379. The predicted molar refractivity (Wildman–Crippen MR) is 84.8 cm³/mol. The summed E-state index contributed by atoms with van der Waals surface area (Å²) in [5.41, 5.74) is 6.33. The number of ether oxygens (including phenoxy) is 1. The highest BCUT2D eigenvalue weighted by atomic mass is 79.9. The Balaban J connectivity index is 1.69. The normalized spacial score (nSPS) is 10.2. The second kappa shape index (κ2) is 7.31. The first kappa shape index (κ1) is 14.9. The Morgan fingerprint density at radius 3 is 2.90 bits per heavy atom. The van der Waals surface area contributed by atoms with E-state index in [9.17, 15) is 4.79 Å². The van der Waals surface area contributed by atoms with Gasteiger partial charge < -0.3 is 15.8 Å². The van der Waals surface area contributed by atoms with Gasteiger partial charge in [0.1, 0.15) is 5.75 Å². The molecular formula is C14H15BrN2O2S. The van der Waals surface area contributed by atoms with Crippen molar-refractivity contribution in [3.63, 3.8) is 0 Å². The van der Waals surface area contributed by atoms with E-state index in [1.54, 1.807) is 23.5 Å². The van der Waals surface area contributed by atoms with Crippen molar-refractivity contribution >= 4 is 38.9 Å². The van der Waals surface area contributed by atoms with E-state index in [1.165, 1.54) is 0 Å². The van der Waals surface area contributed by atoms with Crippen LogP contribution in [-0.2, 0) is 11.3 Å². The first-order valence-corrected chi connectivity index (χ1v) is 7.79. The van der Waals surface area contributed by atoms with Crippen molar-refractivity contribution < 1.29 is 9.53 Å². The second-order valence-corrected chi connectivity index (χ2v) is 6.06. The fourth-order valence-corrected chi connectivity index (χ4v) is 2.98. The van der Waals surface area contributed by atoms with Crippen LogP contribution in [0.1, 0.15) is 11.3 Å². The van der Waals surface area contributed by atoms with E-state index >= 15 is 0 Å². The van der Waals surface area contributed by atoms with Crippen LogP contribution in [0, 0.1) is 0 Å². The molecule has 0 saturated carbocycles. The highest BCUT2D eigenvalue weighted by molar-refractivity contribution is 9.10. The zero-order valence-corrected chi connectivity index (χ0v) is 13.2. The van der Waals surface area contributed by atoms with Gasteiger partial charge in [0, 0.05) is 14.7 Å². The highest BCUT2D eigenvalue weighted by Crippen LogP contribution is 2.20. The number of amides is 1. The lowest BCUT2D eigenvalue weighted by Gasteiger charge is -2.08. The van der Waals surface area contributed by atoms with Crippen LogP contribution in [0.2, 0.25) is 0 Å². The van der Waals surface area contributed by atoms with Crippen LogP contribution < -0.4 is 15.8 Å². The number of para-hydroxylation sites is 2. The molecule has 0 aliphatic heterocycles. The molecular weight excluding hydrogens is 340 g/mol. The number of anilines is 1. The SMILES string of the molecule is Nc1ccccc1OCCC(=O)NCc1cc(Br)cs1. The average molecular weight is 355 g/mol. The van der Waals surface area contributed by atoms with Gasteiger partial charge in [0.2, 0.25) is 5.91 Å². The standard InChI is InChI=1S/C14H15BrN2O2S/c15-10-7-11(20-9-10)8-17-14(18)5-6-19-13-4-2-1-3-12(13)16/h1-4,7,9H,5-6,8,16H2,(H,17,18). The lowest BCUT2D eigenvalue weighted by atomic mass is 10.3. The summed E-state index contributed by atoms with van der Waals surface area (Å²) in [4.78, 5) is 12.8. The summed E-state index contributed by atoms with van der Waals surface area (Å²) in [7, 11) is 0. The monoisotopic (exact) mass is 354 g/mol. The van der Waals surface area contributed by atoms with Gasteiger partial charge in [-0.1, -0.05) is 12.1 Å². The van der Waals surface area contributed by atoms with Crippen LogP contribution in [0.5, 0.6) is 5.75 Å². The molecule has 2 rings (SSSR count). The zero-order valence-electron chi connectivity index (χ0n) is 10.8. The number of nitrogen functional groups attached to an aromatic ring is 1. The van der Waals surface area contributed by atoms with E-state index in [-0.39, 0.29) is 5.91 Å². The molecule has 0 fully saturated rings. The molecule has 1 heterocycles. The van der Waals surface area contributed by atoms with E-state index in [0.29, 0.717) is 31.0 Å². The number of benzene rings is 1. The Labute approximate surface area is 130 Å². The minimum Gasteiger partial charge on any atom is -0.491 e. The van der Waals surface area contributed by atoms with Crippen LogP contribution >= 0.6 is 27.3 Å². The number of halogens is 1. The summed E-state index contributed by atoms with van der Waals surface area (Å²) < 4.78 is 6.51. The van der Waals surface area contributed by atoms with Gasteiger partial charge in [0.25, 0.3) is 0 Å². The molecule has 4 nitrogen and oxygen atoms in total. The largest absolute Gasteiger partial charge is 0.491 e. The molecule has 0 spiro atoms. The van der Waals surface area contributed by atoms with Crippen molar-refractivity contribution in [3.8, 4) is 5.75 Å². The lowest BCUT2D eigenvalue weighted by molar-refractivity contribution is -0.121. The van der Waals surface area contributed by atoms with Crippen LogP contribution in [0.3, 0.4) is 0 Å². The Morgan fingerprint density at radius 1 is 1.40 bits per heavy atom. The van der Waals surface area contributed by atoms with Gasteiger partial charge in [-0.2, -0.15) is 0 Å². The molecule has 0 radical (unpaired) electrons. The third-order valence-electron chi connectivity index (χ3n) is 2.59. The maximum absolute atomic E-state index is 11.7. The number of hydrogen-bond donors (Lipinski definition) is 2. The maximum Gasteiger partial charge on any atom is 0.223 e. The molecule has 20 heavy (non-hydrogen) atoms. The Bertz CT molecular complexity index is 586. The number of hydrogen-bond acceptors (Lipinski definition) is 4. The van der Waals surface area contributed by atoms with E-state index in [1.807, 2.05) is 23.6 Å². The van der Waals surface area contributed by atoms with Gasteiger partial charge in [-0.3, -0.25) is 4.79 Å². The number of nitrogens with one attached hydrogen (secondary N) is 1. The Morgan fingerprint density at radius 2 is 2.20 bits per heavy atom. The lowest BCUT2D eigenvalue weighted by Crippen LogP contribution is -2.24. The van der Waals surface area contributed by atoms with E-state index in [4.69, 9.17) is 10.5 Å². The first-order valence-electron chi connectivity index (χ1n) is 6.12. The van der Waals surface area contributed by atoms with Crippen molar-refractivity contribution in [2.75, 3.05) is 12.3 Å². The van der Waals surface area contributed by atoms with Crippen molar-refractivity contribution in [2.24, 2.45) is 0 Å². The molecule has 6 heteroatoms. The van der Waals surface area contributed by atoms with Crippen molar-refractivity contribution in [3.05, 3.63) is 45.1 Å². The molecule has 1 aromatic carbocycles. The quantitative estimate of drug-likeness (QED) is 0.783. The fourth-order valence-electron chi connectivity index (χ4n) is 1.59. The average Bonchev–Trinajstić information content (AvgIpc) is 2.84. The summed E-state index contributed by atoms with van der Waals surface area (Å²) in [5.74, 6) is 0.575. The number of carbonyl (C=O) groups excluding carboxylic acids is 1. The molecule has 0 atom stereocenters. The third-order valence-corrected chi connectivity index (χ3v) is 4.28. The third kappa shape index (κ3) is 4.54. The van der Waals surface area contributed by atoms with Gasteiger partial charge in [-0.05, 0) is 34.1 Å². The number of rotatable bonds is 6. The molecule has 3 N–H and O–H groups in total. The number of nitrogens with two attached hydrogens (primary N) is 1. The molecule has 106 valence electrons.